The van der Waals surface area contributed by atoms with Crippen molar-refractivity contribution >= 4 is 17.5 Å². The van der Waals surface area contributed by atoms with Crippen LogP contribution in [0.2, 0.25) is 0 Å². The van der Waals surface area contributed by atoms with E-state index in [9.17, 15) is 9.59 Å². The first-order valence-corrected chi connectivity index (χ1v) is 5.91. The Kier molecular flexibility index (Phi) is 5.63. The molecule has 0 aliphatic rings. The van der Waals surface area contributed by atoms with Gasteiger partial charge in [-0.05, 0) is 19.9 Å². The van der Waals surface area contributed by atoms with Gasteiger partial charge in [-0.25, -0.2) is 0 Å². The van der Waals surface area contributed by atoms with Gasteiger partial charge in [0.25, 0.3) is 5.91 Å². The number of amides is 2. The summed E-state index contributed by atoms with van der Waals surface area (Å²) < 4.78 is 0. The summed E-state index contributed by atoms with van der Waals surface area (Å²) in [5.41, 5.74) is 1.14. The number of likely N-dealkylation sites (N-methyl/N-ethyl adjacent to an activating group) is 1. The molecule has 1 heterocycles. The zero-order valence-electron chi connectivity index (χ0n) is 10.6. The first-order chi connectivity index (χ1) is 8.69. The normalized spacial score (nSPS) is 9.67. The molecule has 18 heavy (non-hydrogen) atoms. The molecule has 0 spiro atoms. The number of pyridine rings is 1. The van der Waals surface area contributed by atoms with E-state index in [1.54, 1.807) is 12.3 Å². The number of hydrogen-bond acceptors (Lipinski definition) is 4. The van der Waals surface area contributed by atoms with E-state index in [1.165, 1.54) is 6.20 Å². The van der Waals surface area contributed by atoms with Crippen molar-refractivity contribution in [1.82, 2.24) is 15.6 Å². The lowest BCUT2D eigenvalue weighted by molar-refractivity contribution is -0.120. The standard InChI is InChI=1S/C12H18N4O2/c1-3-14-10-5-6-13-7-9(10)12(18)16-8-11(17)15-4-2/h5-7H,3-4,8H2,1-2H3,(H,13,14)(H,15,17)(H,16,18). The zero-order valence-corrected chi connectivity index (χ0v) is 10.6. The van der Waals surface area contributed by atoms with Crippen molar-refractivity contribution in [1.29, 1.82) is 0 Å². The minimum absolute atomic E-state index is 0.0346. The molecular formula is C12H18N4O2. The topological polar surface area (TPSA) is 83.1 Å². The van der Waals surface area contributed by atoms with Gasteiger partial charge in [0.2, 0.25) is 5.91 Å². The third-order valence-corrected chi connectivity index (χ3v) is 2.22. The number of rotatable bonds is 6. The minimum Gasteiger partial charge on any atom is -0.385 e. The smallest absolute Gasteiger partial charge is 0.255 e. The molecule has 3 N–H and O–H groups in total. The third kappa shape index (κ3) is 4.04. The lowest BCUT2D eigenvalue weighted by Gasteiger charge is -2.10. The Labute approximate surface area is 106 Å². The van der Waals surface area contributed by atoms with E-state index in [1.807, 2.05) is 13.8 Å². The van der Waals surface area contributed by atoms with E-state index < -0.39 is 0 Å². The molecule has 6 heteroatoms. The Balaban J connectivity index is 2.63. The molecule has 0 radical (unpaired) electrons. The van der Waals surface area contributed by atoms with E-state index in [-0.39, 0.29) is 18.4 Å². The average molecular weight is 250 g/mol. The van der Waals surface area contributed by atoms with Crippen LogP contribution < -0.4 is 16.0 Å². The molecule has 0 unspecified atom stereocenters. The monoisotopic (exact) mass is 250 g/mol. The molecular weight excluding hydrogens is 232 g/mol. The van der Waals surface area contributed by atoms with Crippen LogP contribution in [-0.2, 0) is 4.79 Å². The van der Waals surface area contributed by atoms with Crippen LogP contribution in [0.15, 0.2) is 18.5 Å². The molecule has 0 aliphatic carbocycles. The number of anilines is 1. The Morgan fingerprint density at radius 2 is 2.00 bits per heavy atom. The summed E-state index contributed by atoms with van der Waals surface area (Å²) in [5.74, 6) is -0.523. The van der Waals surface area contributed by atoms with Crippen LogP contribution in [0.4, 0.5) is 5.69 Å². The van der Waals surface area contributed by atoms with Gasteiger partial charge >= 0.3 is 0 Å². The lowest BCUT2D eigenvalue weighted by Crippen LogP contribution is -2.37. The second-order valence-corrected chi connectivity index (χ2v) is 3.59. The summed E-state index contributed by atoms with van der Waals surface area (Å²) in [6, 6.07) is 1.73. The predicted molar refractivity (Wildman–Crippen MR) is 69.4 cm³/mol. The van der Waals surface area contributed by atoms with Gasteiger partial charge in [0.05, 0.1) is 17.8 Å². The molecule has 0 fully saturated rings. The fourth-order valence-corrected chi connectivity index (χ4v) is 1.44. The van der Waals surface area contributed by atoms with Crippen molar-refractivity contribution in [2.45, 2.75) is 13.8 Å². The van der Waals surface area contributed by atoms with E-state index in [4.69, 9.17) is 0 Å². The summed E-state index contributed by atoms with van der Waals surface area (Å²) in [7, 11) is 0. The number of nitrogens with zero attached hydrogens (tertiary/aromatic N) is 1. The Morgan fingerprint density at radius 3 is 2.67 bits per heavy atom. The number of carbonyl (C=O) groups excluding carboxylic acids is 2. The molecule has 0 saturated carbocycles. The number of carbonyl (C=O) groups is 2. The third-order valence-electron chi connectivity index (χ3n) is 2.22. The summed E-state index contributed by atoms with van der Waals surface area (Å²) in [6.45, 7) is 4.99. The maximum Gasteiger partial charge on any atom is 0.255 e. The lowest BCUT2D eigenvalue weighted by atomic mass is 10.2. The van der Waals surface area contributed by atoms with Gasteiger partial charge in [0.15, 0.2) is 0 Å². The van der Waals surface area contributed by atoms with Gasteiger partial charge in [-0.3, -0.25) is 14.6 Å². The first-order valence-electron chi connectivity index (χ1n) is 5.91. The van der Waals surface area contributed by atoms with E-state index in [0.717, 1.165) is 0 Å². The van der Waals surface area contributed by atoms with Crippen molar-refractivity contribution < 1.29 is 9.59 Å². The molecule has 0 aliphatic heterocycles. The van der Waals surface area contributed by atoms with Crippen molar-refractivity contribution in [2.75, 3.05) is 25.0 Å². The molecule has 0 aromatic carbocycles. The molecule has 0 bridgehead atoms. The van der Waals surface area contributed by atoms with Crippen molar-refractivity contribution in [2.24, 2.45) is 0 Å². The highest BCUT2D eigenvalue weighted by molar-refractivity contribution is 6.00. The molecule has 2 amide bonds. The SMILES string of the molecule is CCNC(=O)CNC(=O)c1cnccc1NCC. The molecule has 6 nitrogen and oxygen atoms in total. The van der Waals surface area contributed by atoms with Crippen LogP contribution in [0.3, 0.4) is 0 Å². The van der Waals surface area contributed by atoms with Crippen LogP contribution in [0, 0.1) is 0 Å². The number of aromatic nitrogens is 1. The zero-order chi connectivity index (χ0) is 13.4. The highest BCUT2D eigenvalue weighted by Gasteiger charge is 2.11. The number of nitrogens with one attached hydrogen (secondary N) is 3. The summed E-state index contributed by atoms with van der Waals surface area (Å²) in [5, 5.41) is 8.23. The van der Waals surface area contributed by atoms with E-state index in [2.05, 4.69) is 20.9 Å². The van der Waals surface area contributed by atoms with Crippen LogP contribution in [0.1, 0.15) is 24.2 Å². The molecule has 1 rings (SSSR count). The van der Waals surface area contributed by atoms with Crippen LogP contribution in [0.5, 0.6) is 0 Å². The summed E-state index contributed by atoms with van der Waals surface area (Å²) in [4.78, 5) is 27.0. The Hall–Kier alpha value is -2.11. The van der Waals surface area contributed by atoms with Crippen LogP contribution in [-0.4, -0.2) is 36.4 Å². The fourth-order valence-electron chi connectivity index (χ4n) is 1.44. The van der Waals surface area contributed by atoms with E-state index >= 15 is 0 Å². The van der Waals surface area contributed by atoms with E-state index in [0.29, 0.717) is 24.3 Å². The summed E-state index contributed by atoms with van der Waals surface area (Å²) >= 11 is 0. The van der Waals surface area contributed by atoms with Gasteiger partial charge in [0.1, 0.15) is 0 Å². The second kappa shape index (κ2) is 7.26. The Bertz CT molecular complexity index is 420. The summed E-state index contributed by atoms with van der Waals surface area (Å²) in [6.07, 6.45) is 3.09. The first kappa shape index (κ1) is 14.0. The van der Waals surface area contributed by atoms with Gasteiger partial charge in [-0.1, -0.05) is 0 Å². The van der Waals surface area contributed by atoms with Gasteiger partial charge in [0, 0.05) is 25.5 Å². The number of hydrogen-bond donors (Lipinski definition) is 3. The van der Waals surface area contributed by atoms with Crippen LogP contribution >= 0.6 is 0 Å². The second-order valence-electron chi connectivity index (χ2n) is 3.59. The molecule has 1 aromatic rings. The van der Waals surface area contributed by atoms with Gasteiger partial charge in [-0.2, -0.15) is 0 Å². The maximum atomic E-state index is 11.9. The maximum absolute atomic E-state index is 11.9. The molecule has 0 saturated heterocycles. The predicted octanol–water partition coefficient (Wildman–Crippen LogP) is 0.379. The van der Waals surface area contributed by atoms with Crippen LogP contribution in [0.25, 0.3) is 0 Å². The van der Waals surface area contributed by atoms with Gasteiger partial charge < -0.3 is 16.0 Å². The Morgan fingerprint density at radius 1 is 1.22 bits per heavy atom. The largest absolute Gasteiger partial charge is 0.385 e. The van der Waals surface area contributed by atoms with Crippen molar-refractivity contribution in [3.05, 3.63) is 24.0 Å². The molecule has 0 atom stereocenters. The van der Waals surface area contributed by atoms with Crippen molar-refractivity contribution in [3.63, 3.8) is 0 Å². The fraction of sp³-hybridized carbons (Fsp3) is 0.417. The molecule has 98 valence electrons. The quantitative estimate of drug-likeness (QED) is 0.681. The van der Waals surface area contributed by atoms with Gasteiger partial charge in [-0.15, -0.1) is 0 Å². The minimum atomic E-state index is -0.315. The molecule has 1 aromatic heterocycles. The highest BCUT2D eigenvalue weighted by Crippen LogP contribution is 2.12. The highest BCUT2D eigenvalue weighted by atomic mass is 16.2. The van der Waals surface area contributed by atoms with Crippen molar-refractivity contribution in [3.8, 4) is 0 Å². The average Bonchev–Trinajstić information content (AvgIpc) is 2.37.